The van der Waals surface area contributed by atoms with E-state index in [1.807, 2.05) is 32.0 Å². The van der Waals surface area contributed by atoms with Crippen LogP contribution in [0.4, 0.5) is 15.6 Å². The average molecular weight is 316 g/mol. The first-order valence-electron chi connectivity index (χ1n) is 7.60. The van der Waals surface area contributed by atoms with Crippen molar-refractivity contribution in [2.45, 2.75) is 45.4 Å². The zero-order chi connectivity index (χ0) is 15.5. The average Bonchev–Trinajstić information content (AvgIpc) is 3.13. The van der Waals surface area contributed by atoms with Crippen LogP contribution in [0.25, 0.3) is 0 Å². The molecule has 5 nitrogen and oxygen atoms in total. The number of anilines is 2. The van der Waals surface area contributed by atoms with Gasteiger partial charge in [-0.3, -0.25) is 5.32 Å². The molecule has 2 amide bonds. The number of aromatic nitrogens is 2. The lowest BCUT2D eigenvalue weighted by Gasteiger charge is -2.07. The molecule has 0 radical (unpaired) electrons. The molecule has 1 aliphatic carbocycles. The van der Waals surface area contributed by atoms with E-state index < -0.39 is 0 Å². The summed E-state index contributed by atoms with van der Waals surface area (Å²) in [6.45, 7) is 4.07. The Balaban J connectivity index is 1.60. The Morgan fingerprint density at radius 1 is 1.14 bits per heavy atom. The number of carbonyl (C=O) groups is 1. The summed E-state index contributed by atoms with van der Waals surface area (Å²) in [5.41, 5.74) is 3.13. The summed E-state index contributed by atoms with van der Waals surface area (Å²) in [6, 6.07) is 5.57. The van der Waals surface area contributed by atoms with Crippen molar-refractivity contribution in [2.75, 3.05) is 10.6 Å². The maximum absolute atomic E-state index is 12.0. The van der Waals surface area contributed by atoms with Gasteiger partial charge in [-0.2, -0.15) is 0 Å². The standard InChI is InChI=1S/C16H20N4OS/c1-10-7-8-13(9-11(10)2)17-15(21)18-16-20-19-14(22-16)12-5-3-4-6-12/h7-9,12H,3-6H2,1-2H3,(H2,17,18,20,21). The molecule has 6 heteroatoms. The van der Waals surface area contributed by atoms with Crippen LogP contribution in [-0.4, -0.2) is 16.2 Å². The third kappa shape index (κ3) is 3.44. The number of nitrogens with one attached hydrogen (secondary N) is 2. The summed E-state index contributed by atoms with van der Waals surface area (Å²) in [5, 5.41) is 15.5. The fourth-order valence-corrected chi connectivity index (χ4v) is 3.61. The maximum atomic E-state index is 12.0. The van der Waals surface area contributed by atoms with Crippen molar-refractivity contribution in [3.63, 3.8) is 0 Å². The minimum absolute atomic E-state index is 0.280. The van der Waals surface area contributed by atoms with Gasteiger partial charge in [0.2, 0.25) is 5.13 Å². The van der Waals surface area contributed by atoms with Gasteiger partial charge in [-0.1, -0.05) is 30.2 Å². The fourth-order valence-electron chi connectivity index (χ4n) is 2.70. The second-order valence-corrected chi connectivity index (χ2v) is 6.81. The van der Waals surface area contributed by atoms with Crippen molar-refractivity contribution in [3.05, 3.63) is 34.3 Å². The quantitative estimate of drug-likeness (QED) is 0.878. The molecule has 0 bridgehead atoms. The van der Waals surface area contributed by atoms with Crippen molar-refractivity contribution >= 4 is 28.2 Å². The normalized spacial score (nSPS) is 15.0. The molecule has 1 aliphatic rings. The van der Waals surface area contributed by atoms with Crippen LogP contribution < -0.4 is 10.6 Å². The third-order valence-corrected chi connectivity index (χ3v) is 5.13. The Morgan fingerprint density at radius 2 is 1.91 bits per heavy atom. The van der Waals surface area contributed by atoms with E-state index in [-0.39, 0.29) is 6.03 Å². The molecule has 0 aliphatic heterocycles. The Hall–Kier alpha value is -1.95. The molecule has 0 atom stereocenters. The lowest BCUT2D eigenvalue weighted by atomic mass is 10.1. The van der Waals surface area contributed by atoms with Crippen LogP contribution in [0.3, 0.4) is 0 Å². The number of benzene rings is 1. The summed E-state index contributed by atoms with van der Waals surface area (Å²) in [5.74, 6) is 0.524. The van der Waals surface area contributed by atoms with Gasteiger partial charge in [-0.15, -0.1) is 10.2 Å². The summed E-state index contributed by atoms with van der Waals surface area (Å²) in [7, 11) is 0. The second-order valence-electron chi connectivity index (χ2n) is 5.80. The van der Waals surface area contributed by atoms with Crippen molar-refractivity contribution < 1.29 is 4.79 Å². The molecule has 1 heterocycles. The van der Waals surface area contributed by atoms with Crippen LogP contribution >= 0.6 is 11.3 Å². The number of hydrogen-bond donors (Lipinski definition) is 2. The lowest BCUT2D eigenvalue weighted by molar-refractivity contribution is 0.262. The van der Waals surface area contributed by atoms with Gasteiger partial charge in [0.25, 0.3) is 0 Å². The highest BCUT2D eigenvalue weighted by molar-refractivity contribution is 7.15. The topological polar surface area (TPSA) is 66.9 Å². The Kier molecular flexibility index (Phi) is 4.38. The lowest BCUT2D eigenvalue weighted by Crippen LogP contribution is -2.19. The van der Waals surface area contributed by atoms with Gasteiger partial charge in [0.05, 0.1) is 0 Å². The van der Waals surface area contributed by atoms with E-state index >= 15 is 0 Å². The van der Waals surface area contributed by atoms with Gasteiger partial charge in [0.15, 0.2) is 0 Å². The molecule has 22 heavy (non-hydrogen) atoms. The number of urea groups is 1. The zero-order valence-corrected chi connectivity index (χ0v) is 13.7. The molecule has 1 saturated carbocycles. The molecule has 1 aromatic carbocycles. The highest BCUT2D eigenvalue weighted by Gasteiger charge is 2.21. The number of rotatable bonds is 3. The SMILES string of the molecule is Cc1ccc(NC(=O)Nc2nnc(C3CCCC3)s2)cc1C. The molecule has 116 valence electrons. The summed E-state index contributed by atoms with van der Waals surface area (Å²) in [4.78, 5) is 12.0. The van der Waals surface area contributed by atoms with Crippen LogP contribution in [0.1, 0.15) is 47.7 Å². The molecular weight excluding hydrogens is 296 g/mol. The van der Waals surface area contributed by atoms with E-state index in [1.165, 1.54) is 42.6 Å². The van der Waals surface area contributed by atoms with Crippen LogP contribution in [0.15, 0.2) is 18.2 Å². The smallest absolute Gasteiger partial charge is 0.308 e. The minimum Gasteiger partial charge on any atom is -0.308 e. The Labute approximate surface area is 134 Å². The number of nitrogens with zero attached hydrogens (tertiary/aromatic N) is 2. The predicted molar refractivity (Wildman–Crippen MR) is 89.7 cm³/mol. The zero-order valence-electron chi connectivity index (χ0n) is 12.8. The van der Waals surface area contributed by atoms with Crippen molar-refractivity contribution in [1.29, 1.82) is 0 Å². The van der Waals surface area contributed by atoms with Gasteiger partial charge in [-0.25, -0.2) is 4.79 Å². The molecule has 1 fully saturated rings. The molecule has 1 aromatic heterocycles. The van der Waals surface area contributed by atoms with Gasteiger partial charge < -0.3 is 5.32 Å². The maximum Gasteiger partial charge on any atom is 0.325 e. The van der Waals surface area contributed by atoms with E-state index in [9.17, 15) is 4.79 Å². The van der Waals surface area contributed by atoms with Crippen molar-refractivity contribution in [2.24, 2.45) is 0 Å². The minimum atomic E-state index is -0.280. The Morgan fingerprint density at radius 3 is 2.64 bits per heavy atom. The van der Waals surface area contributed by atoms with Crippen molar-refractivity contribution in [3.8, 4) is 0 Å². The van der Waals surface area contributed by atoms with Crippen LogP contribution in [0.5, 0.6) is 0 Å². The second kappa shape index (κ2) is 6.44. The van der Waals surface area contributed by atoms with E-state index in [0.717, 1.165) is 16.3 Å². The van der Waals surface area contributed by atoms with Gasteiger partial charge in [0.1, 0.15) is 5.01 Å². The third-order valence-electron chi connectivity index (χ3n) is 4.13. The van der Waals surface area contributed by atoms with Gasteiger partial charge in [-0.05, 0) is 49.9 Å². The predicted octanol–water partition coefficient (Wildman–Crippen LogP) is 4.46. The van der Waals surface area contributed by atoms with Gasteiger partial charge in [0, 0.05) is 11.6 Å². The highest BCUT2D eigenvalue weighted by Crippen LogP contribution is 2.36. The van der Waals surface area contributed by atoms with E-state index in [2.05, 4.69) is 20.8 Å². The number of amides is 2. The monoisotopic (exact) mass is 316 g/mol. The first-order valence-corrected chi connectivity index (χ1v) is 8.42. The first-order chi connectivity index (χ1) is 10.6. The van der Waals surface area contributed by atoms with Crippen LogP contribution in [0.2, 0.25) is 0 Å². The van der Waals surface area contributed by atoms with Gasteiger partial charge >= 0.3 is 6.03 Å². The van der Waals surface area contributed by atoms with E-state index in [4.69, 9.17) is 0 Å². The highest BCUT2D eigenvalue weighted by atomic mass is 32.1. The summed E-state index contributed by atoms with van der Waals surface area (Å²) < 4.78 is 0. The summed E-state index contributed by atoms with van der Waals surface area (Å²) in [6.07, 6.45) is 4.90. The van der Waals surface area contributed by atoms with E-state index in [0.29, 0.717) is 11.0 Å². The molecule has 0 spiro atoms. The molecule has 0 unspecified atom stereocenters. The largest absolute Gasteiger partial charge is 0.325 e. The molecule has 3 rings (SSSR count). The van der Waals surface area contributed by atoms with Crippen molar-refractivity contribution in [1.82, 2.24) is 10.2 Å². The molecule has 2 N–H and O–H groups in total. The number of hydrogen-bond acceptors (Lipinski definition) is 4. The molecular formula is C16H20N4OS. The van der Waals surface area contributed by atoms with E-state index in [1.54, 1.807) is 0 Å². The number of aryl methyl sites for hydroxylation is 2. The van der Waals surface area contributed by atoms with Crippen LogP contribution in [-0.2, 0) is 0 Å². The van der Waals surface area contributed by atoms with Crippen LogP contribution in [0, 0.1) is 13.8 Å². The fraction of sp³-hybridized carbons (Fsp3) is 0.438. The number of carbonyl (C=O) groups excluding carboxylic acids is 1. The Bertz CT molecular complexity index is 677. The summed E-state index contributed by atoms with van der Waals surface area (Å²) >= 11 is 1.48. The molecule has 0 saturated heterocycles. The first kappa shape index (κ1) is 15.0. The molecule has 2 aromatic rings.